The van der Waals surface area contributed by atoms with E-state index in [4.69, 9.17) is 16.3 Å². The lowest BCUT2D eigenvalue weighted by molar-refractivity contribution is -0.142. The van der Waals surface area contributed by atoms with Crippen LogP contribution in [0.1, 0.15) is 19.4 Å². The largest absolute Gasteiger partial charge is 0.465 e. The van der Waals surface area contributed by atoms with Gasteiger partial charge in [-0.05, 0) is 38.5 Å². The molecule has 0 aliphatic rings. The van der Waals surface area contributed by atoms with Gasteiger partial charge in [-0.2, -0.15) is 0 Å². The van der Waals surface area contributed by atoms with Crippen LogP contribution in [0.2, 0.25) is 5.02 Å². The summed E-state index contributed by atoms with van der Waals surface area (Å²) in [6, 6.07) is 5.70. The molecule has 1 atom stereocenters. The summed E-state index contributed by atoms with van der Waals surface area (Å²) in [6.45, 7) is 5.90. The molecule has 22 heavy (non-hydrogen) atoms. The smallest absolute Gasteiger partial charge is 0.319 e. The number of carbonyl (C=O) groups excluding carboxylic acids is 1. The Morgan fingerprint density at radius 2 is 2.27 bits per heavy atom. The fourth-order valence-electron chi connectivity index (χ4n) is 1.56. The average molecular weight is 358 g/mol. The van der Waals surface area contributed by atoms with E-state index in [9.17, 15) is 4.79 Å². The molecule has 0 bridgehead atoms. The van der Waals surface area contributed by atoms with Gasteiger partial charge in [0.1, 0.15) is 5.25 Å². The third kappa shape index (κ3) is 4.59. The third-order valence-electron chi connectivity index (χ3n) is 2.73. The number of nitrogens with zero attached hydrogens (tertiary/aromatic N) is 2. The Balaban J connectivity index is 1.99. The number of ether oxygens (including phenoxy) is 1. The number of anilines is 2. The molecule has 0 spiro atoms. The van der Waals surface area contributed by atoms with Gasteiger partial charge in [0.2, 0.25) is 5.13 Å². The molecule has 0 aliphatic carbocycles. The van der Waals surface area contributed by atoms with Gasteiger partial charge < -0.3 is 10.1 Å². The molecule has 0 amide bonds. The molecule has 8 heteroatoms. The van der Waals surface area contributed by atoms with E-state index in [1.54, 1.807) is 13.8 Å². The lowest BCUT2D eigenvalue weighted by atomic mass is 10.2. The number of aromatic nitrogens is 2. The quantitative estimate of drug-likeness (QED) is 0.614. The van der Waals surface area contributed by atoms with E-state index in [1.807, 2.05) is 25.1 Å². The van der Waals surface area contributed by atoms with Gasteiger partial charge in [0.05, 0.1) is 6.61 Å². The van der Waals surface area contributed by atoms with Crippen LogP contribution < -0.4 is 5.32 Å². The van der Waals surface area contributed by atoms with Crippen LogP contribution >= 0.6 is 34.7 Å². The minimum Gasteiger partial charge on any atom is -0.465 e. The van der Waals surface area contributed by atoms with Gasteiger partial charge in [0, 0.05) is 10.7 Å². The topological polar surface area (TPSA) is 64.1 Å². The summed E-state index contributed by atoms with van der Waals surface area (Å²) < 4.78 is 5.68. The molecule has 1 N–H and O–H groups in total. The van der Waals surface area contributed by atoms with E-state index in [-0.39, 0.29) is 11.2 Å². The first-order valence-electron chi connectivity index (χ1n) is 6.69. The summed E-state index contributed by atoms with van der Waals surface area (Å²) in [5.41, 5.74) is 1.87. The molecule has 118 valence electrons. The second-order valence-electron chi connectivity index (χ2n) is 4.47. The Morgan fingerprint density at radius 3 is 2.95 bits per heavy atom. The number of aryl methyl sites for hydroxylation is 1. The minimum absolute atomic E-state index is 0.248. The molecule has 0 fully saturated rings. The summed E-state index contributed by atoms with van der Waals surface area (Å²) >= 11 is 8.80. The van der Waals surface area contributed by atoms with Crippen molar-refractivity contribution < 1.29 is 9.53 Å². The van der Waals surface area contributed by atoms with Crippen LogP contribution in [0, 0.1) is 6.92 Å². The van der Waals surface area contributed by atoms with Crippen molar-refractivity contribution in [3.63, 3.8) is 0 Å². The van der Waals surface area contributed by atoms with Crippen molar-refractivity contribution in [2.75, 3.05) is 11.9 Å². The van der Waals surface area contributed by atoms with E-state index < -0.39 is 0 Å². The molecular weight excluding hydrogens is 342 g/mol. The number of carbonyl (C=O) groups is 1. The minimum atomic E-state index is -0.311. The highest BCUT2D eigenvalue weighted by atomic mass is 35.5. The van der Waals surface area contributed by atoms with Gasteiger partial charge in [-0.3, -0.25) is 4.79 Å². The maximum absolute atomic E-state index is 11.6. The van der Waals surface area contributed by atoms with Crippen molar-refractivity contribution in [3.05, 3.63) is 28.8 Å². The van der Waals surface area contributed by atoms with E-state index >= 15 is 0 Å². The number of benzene rings is 1. The zero-order chi connectivity index (χ0) is 16.1. The molecular formula is C14H16ClN3O2S2. The summed E-state index contributed by atoms with van der Waals surface area (Å²) in [4.78, 5) is 11.6. The molecule has 0 radical (unpaired) electrons. The van der Waals surface area contributed by atoms with E-state index in [2.05, 4.69) is 15.5 Å². The molecule has 1 unspecified atom stereocenters. The average Bonchev–Trinajstić information content (AvgIpc) is 2.90. The normalized spacial score (nSPS) is 12.0. The number of nitrogens with one attached hydrogen (secondary N) is 1. The van der Waals surface area contributed by atoms with Crippen molar-refractivity contribution in [2.45, 2.75) is 30.4 Å². The highest BCUT2D eigenvalue weighted by Gasteiger charge is 2.18. The fourth-order valence-corrected chi connectivity index (χ4v) is 3.66. The van der Waals surface area contributed by atoms with Crippen LogP contribution in [0.4, 0.5) is 10.8 Å². The number of hydrogen-bond donors (Lipinski definition) is 1. The van der Waals surface area contributed by atoms with Gasteiger partial charge in [-0.25, -0.2) is 0 Å². The molecule has 1 aromatic carbocycles. The monoisotopic (exact) mass is 357 g/mol. The van der Waals surface area contributed by atoms with Gasteiger partial charge >= 0.3 is 5.97 Å². The van der Waals surface area contributed by atoms with Crippen LogP contribution in [-0.2, 0) is 9.53 Å². The molecule has 1 aromatic heterocycles. The van der Waals surface area contributed by atoms with Crippen LogP contribution in [0.3, 0.4) is 0 Å². The first-order valence-corrected chi connectivity index (χ1v) is 8.77. The highest BCUT2D eigenvalue weighted by molar-refractivity contribution is 8.02. The Bertz CT molecular complexity index is 663. The van der Waals surface area contributed by atoms with Gasteiger partial charge in [0.15, 0.2) is 4.34 Å². The predicted molar refractivity (Wildman–Crippen MR) is 91.3 cm³/mol. The maximum atomic E-state index is 11.6. The number of thioether (sulfide) groups is 1. The first-order chi connectivity index (χ1) is 10.5. The molecule has 0 aliphatic heterocycles. The Morgan fingerprint density at radius 1 is 1.50 bits per heavy atom. The number of hydrogen-bond acceptors (Lipinski definition) is 7. The molecule has 5 nitrogen and oxygen atoms in total. The summed E-state index contributed by atoms with van der Waals surface area (Å²) in [5.74, 6) is -0.248. The van der Waals surface area contributed by atoms with Gasteiger partial charge in [0.25, 0.3) is 0 Å². The molecule has 0 saturated carbocycles. The van der Waals surface area contributed by atoms with E-state index in [1.165, 1.54) is 23.1 Å². The second-order valence-corrected chi connectivity index (χ2v) is 7.45. The van der Waals surface area contributed by atoms with Gasteiger partial charge in [-0.1, -0.05) is 40.8 Å². The number of rotatable bonds is 6. The van der Waals surface area contributed by atoms with Crippen molar-refractivity contribution in [1.29, 1.82) is 0 Å². The number of esters is 1. The van der Waals surface area contributed by atoms with Crippen molar-refractivity contribution in [3.8, 4) is 0 Å². The van der Waals surface area contributed by atoms with Gasteiger partial charge in [-0.15, -0.1) is 10.2 Å². The standard InChI is InChI=1S/C14H16ClN3O2S2/c1-4-20-12(19)9(3)21-14-18-17-13(22-14)16-10-6-5-8(2)11(15)7-10/h5-7,9H,4H2,1-3H3,(H,16,17). The Hall–Kier alpha value is -1.31. The zero-order valence-corrected chi connectivity index (χ0v) is 14.8. The molecule has 2 aromatic rings. The zero-order valence-electron chi connectivity index (χ0n) is 12.4. The Labute approximate surface area is 142 Å². The lowest BCUT2D eigenvalue weighted by Crippen LogP contribution is -2.16. The lowest BCUT2D eigenvalue weighted by Gasteiger charge is -2.07. The van der Waals surface area contributed by atoms with Crippen LogP contribution in [-0.4, -0.2) is 28.0 Å². The van der Waals surface area contributed by atoms with Crippen molar-refractivity contribution in [2.24, 2.45) is 0 Å². The van der Waals surface area contributed by atoms with E-state index in [0.29, 0.717) is 21.1 Å². The maximum Gasteiger partial charge on any atom is 0.319 e. The SMILES string of the molecule is CCOC(=O)C(C)Sc1nnc(Nc2ccc(C)c(Cl)c2)s1. The van der Waals surface area contributed by atoms with E-state index in [0.717, 1.165) is 11.3 Å². The summed E-state index contributed by atoms with van der Waals surface area (Å²) in [5, 5.41) is 12.3. The fraction of sp³-hybridized carbons (Fsp3) is 0.357. The Kier molecular flexibility index (Phi) is 6.05. The van der Waals surface area contributed by atoms with Crippen LogP contribution in [0.25, 0.3) is 0 Å². The van der Waals surface area contributed by atoms with Crippen LogP contribution in [0.15, 0.2) is 22.5 Å². The predicted octanol–water partition coefficient (Wildman–Crippen LogP) is 4.29. The number of halogens is 1. The summed E-state index contributed by atoms with van der Waals surface area (Å²) in [6.07, 6.45) is 0. The van der Waals surface area contributed by atoms with Crippen molar-refractivity contribution >= 4 is 51.5 Å². The third-order valence-corrected chi connectivity index (χ3v) is 5.13. The first kappa shape index (κ1) is 17.1. The highest BCUT2D eigenvalue weighted by Crippen LogP contribution is 2.31. The second kappa shape index (κ2) is 7.80. The van der Waals surface area contributed by atoms with Crippen LogP contribution in [0.5, 0.6) is 0 Å². The molecule has 0 saturated heterocycles. The molecule has 2 rings (SSSR count). The van der Waals surface area contributed by atoms with Crippen molar-refractivity contribution in [1.82, 2.24) is 10.2 Å². The summed E-state index contributed by atoms with van der Waals surface area (Å²) in [7, 11) is 0. The molecule has 1 heterocycles.